The Morgan fingerprint density at radius 3 is 2.30 bits per heavy atom. The Bertz CT molecular complexity index is 1500. The molecule has 2 aliphatic heterocycles. The monoisotopic (exact) mass is 584 g/mol. The maximum Gasteiger partial charge on any atom is 0.265 e. The molecular weight excluding hydrogens is 544 g/mol. The fourth-order valence-electron chi connectivity index (χ4n) is 5.51. The van der Waals surface area contributed by atoms with E-state index in [-0.39, 0.29) is 36.9 Å². The summed E-state index contributed by atoms with van der Waals surface area (Å²) in [5.41, 5.74) is 6.29. The number of hydrogen-bond donors (Lipinski definition) is 0. The van der Waals surface area contributed by atoms with Gasteiger partial charge in [-0.25, -0.2) is 0 Å². The number of likely N-dealkylation sites (N-methyl/N-ethyl adjacent to an activating group) is 1. The predicted octanol–water partition coefficient (Wildman–Crippen LogP) is 3.93. The molecule has 3 aromatic rings. The van der Waals surface area contributed by atoms with E-state index in [0.717, 1.165) is 40.9 Å². The molecule has 1 saturated heterocycles. The number of fused-ring (bicyclic) bond motifs is 1. The number of aryl methyl sites for hydroxylation is 2. The highest BCUT2D eigenvalue weighted by Gasteiger charge is 2.32. The van der Waals surface area contributed by atoms with Gasteiger partial charge in [0.25, 0.3) is 11.8 Å². The van der Waals surface area contributed by atoms with Gasteiger partial charge in [-0.15, -0.1) is 0 Å². The lowest BCUT2D eigenvalue weighted by Crippen LogP contribution is -2.48. The van der Waals surface area contributed by atoms with Crippen LogP contribution in [0.25, 0.3) is 11.1 Å². The Morgan fingerprint density at radius 2 is 1.60 bits per heavy atom. The number of morpholine rings is 1. The van der Waals surface area contributed by atoms with Gasteiger partial charge in [0.05, 0.1) is 24.9 Å². The second kappa shape index (κ2) is 13.0. The normalized spacial score (nSPS) is 15.8. The minimum absolute atomic E-state index is 0.0455. The van der Waals surface area contributed by atoms with Gasteiger partial charge < -0.3 is 19.3 Å². The lowest BCUT2D eigenvalue weighted by Gasteiger charge is -2.37. The van der Waals surface area contributed by atoms with Crippen molar-refractivity contribution in [3.63, 3.8) is 0 Å². The summed E-state index contributed by atoms with van der Waals surface area (Å²) in [5, 5.41) is 0. The van der Waals surface area contributed by atoms with Crippen LogP contribution in [-0.4, -0.2) is 99.6 Å². The molecule has 9 heteroatoms. The summed E-state index contributed by atoms with van der Waals surface area (Å²) >= 11 is 0. The third-order valence-electron chi connectivity index (χ3n) is 8.35. The maximum absolute atomic E-state index is 13.8. The van der Waals surface area contributed by atoms with Crippen molar-refractivity contribution < 1.29 is 23.9 Å². The Kier molecular flexibility index (Phi) is 9.13. The van der Waals surface area contributed by atoms with Gasteiger partial charge in [0, 0.05) is 46.3 Å². The number of hydrogen-bond acceptors (Lipinski definition) is 6. The summed E-state index contributed by atoms with van der Waals surface area (Å²) in [6.07, 6.45) is 0. The number of nitrogens with zero attached hydrogens (tertiary/aromatic N) is 4. The topological polar surface area (TPSA) is 82.6 Å². The van der Waals surface area contributed by atoms with Crippen molar-refractivity contribution in [1.82, 2.24) is 14.7 Å². The first-order valence-corrected chi connectivity index (χ1v) is 14.6. The Hall–Kier alpha value is -4.21. The molecule has 3 aromatic carbocycles. The molecule has 0 N–H and O–H groups in total. The predicted molar refractivity (Wildman–Crippen MR) is 166 cm³/mol. The minimum atomic E-state index is -0.239. The minimum Gasteiger partial charge on any atom is -0.482 e. The summed E-state index contributed by atoms with van der Waals surface area (Å²) in [6, 6.07) is 19.4. The van der Waals surface area contributed by atoms with Crippen LogP contribution in [0.2, 0.25) is 0 Å². The standard InChI is InChI=1S/C34H40N4O5/c1-23-17-29-31(18-24(23)2)43-22-33(40)38(29)21-32(39)36(5)30(20-37-13-15-42-16-14-37)26-11-9-25(10-12-26)27-7-6-8-28(19-27)34(41)35(3)4/h6-12,17-19,30H,13-16,20-22H2,1-5H3. The number of ether oxygens (including phenoxy) is 2. The van der Waals surface area contributed by atoms with Gasteiger partial charge in [0.1, 0.15) is 12.3 Å². The molecule has 2 heterocycles. The summed E-state index contributed by atoms with van der Waals surface area (Å²) in [5.74, 6) is 0.184. The molecule has 3 amide bonds. The molecule has 1 unspecified atom stereocenters. The fourth-order valence-corrected chi connectivity index (χ4v) is 5.51. The first kappa shape index (κ1) is 30.3. The third-order valence-corrected chi connectivity index (χ3v) is 8.35. The number of anilines is 1. The molecule has 226 valence electrons. The van der Waals surface area contributed by atoms with Crippen LogP contribution in [0.3, 0.4) is 0 Å². The van der Waals surface area contributed by atoms with Crippen molar-refractivity contribution in [2.24, 2.45) is 0 Å². The van der Waals surface area contributed by atoms with E-state index in [4.69, 9.17) is 9.47 Å². The zero-order valence-corrected chi connectivity index (χ0v) is 25.6. The zero-order valence-electron chi connectivity index (χ0n) is 25.6. The Labute approximate surface area is 253 Å². The SMILES string of the molecule is Cc1cc2c(cc1C)N(CC(=O)N(C)C(CN1CCOCC1)c1ccc(-c3cccc(C(=O)N(C)C)c3)cc1)C(=O)CO2. The van der Waals surface area contributed by atoms with Crippen molar-refractivity contribution in [2.75, 3.05) is 72.0 Å². The van der Waals surface area contributed by atoms with Crippen molar-refractivity contribution >= 4 is 23.4 Å². The largest absolute Gasteiger partial charge is 0.482 e. The summed E-state index contributed by atoms with van der Waals surface area (Å²) in [7, 11) is 5.29. The fraction of sp³-hybridized carbons (Fsp3) is 0.382. The number of carbonyl (C=O) groups excluding carboxylic acids is 3. The van der Waals surface area contributed by atoms with E-state index in [1.165, 1.54) is 0 Å². The molecule has 0 saturated carbocycles. The molecule has 1 fully saturated rings. The molecule has 5 rings (SSSR count). The summed E-state index contributed by atoms with van der Waals surface area (Å²) in [4.78, 5) is 46.4. The number of carbonyl (C=O) groups is 3. The van der Waals surface area contributed by atoms with E-state index in [0.29, 0.717) is 36.8 Å². The second-order valence-corrected chi connectivity index (χ2v) is 11.5. The Balaban J connectivity index is 1.40. The van der Waals surface area contributed by atoms with Crippen LogP contribution in [0.4, 0.5) is 5.69 Å². The highest BCUT2D eigenvalue weighted by molar-refractivity contribution is 6.02. The van der Waals surface area contributed by atoms with E-state index in [2.05, 4.69) is 4.90 Å². The van der Waals surface area contributed by atoms with Gasteiger partial charge >= 0.3 is 0 Å². The highest BCUT2D eigenvalue weighted by atomic mass is 16.5. The molecule has 0 aliphatic carbocycles. The van der Waals surface area contributed by atoms with Gasteiger partial charge in [-0.1, -0.05) is 36.4 Å². The van der Waals surface area contributed by atoms with Crippen molar-refractivity contribution in [3.05, 3.63) is 82.9 Å². The number of rotatable bonds is 8. The van der Waals surface area contributed by atoms with Crippen LogP contribution in [0.1, 0.15) is 33.1 Å². The van der Waals surface area contributed by atoms with Crippen LogP contribution >= 0.6 is 0 Å². The Morgan fingerprint density at radius 1 is 0.907 bits per heavy atom. The highest BCUT2D eigenvalue weighted by Crippen LogP contribution is 2.35. The van der Waals surface area contributed by atoms with Gasteiger partial charge in [-0.2, -0.15) is 0 Å². The van der Waals surface area contributed by atoms with Crippen molar-refractivity contribution in [3.8, 4) is 16.9 Å². The first-order valence-electron chi connectivity index (χ1n) is 14.6. The molecule has 2 aliphatic rings. The molecule has 1 atom stereocenters. The van der Waals surface area contributed by atoms with Gasteiger partial charge in [-0.3, -0.25) is 24.2 Å². The zero-order chi connectivity index (χ0) is 30.7. The molecular formula is C34H40N4O5. The quantitative estimate of drug-likeness (QED) is 0.399. The average molecular weight is 585 g/mol. The van der Waals surface area contributed by atoms with E-state index < -0.39 is 0 Å². The van der Waals surface area contributed by atoms with E-state index in [1.807, 2.05) is 81.6 Å². The third kappa shape index (κ3) is 6.73. The van der Waals surface area contributed by atoms with Crippen LogP contribution in [0.5, 0.6) is 5.75 Å². The van der Waals surface area contributed by atoms with E-state index >= 15 is 0 Å². The van der Waals surface area contributed by atoms with Gasteiger partial charge in [0.2, 0.25) is 5.91 Å². The maximum atomic E-state index is 13.8. The first-order chi connectivity index (χ1) is 20.6. The molecule has 0 radical (unpaired) electrons. The van der Waals surface area contributed by atoms with Crippen LogP contribution in [0.15, 0.2) is 60.7 Å². The van der Waals surface area contributed by atoms with Crippen molar-refractivity contribution in [1.29, 1.82) is 0 Å². The van der Waals surface area contributed by atoms with Crippen LogP contribution in [-0.2, 0) is 14.3 Å². The van der Waals surface area contributed by atoms with Crippen LogP contribution < -0.4 is 9.64 Å². The number of benzene rings is 3. The lowest BCUT2D eigenvalue weighted by atomic mass is 9.98. The number of amides is 3. The van der Waals surface area contributed by atoms with E-state index in [9.17, 15) is 14.4 Å². The lowest BCUT2D eigenvalue weighted by molar-refractivity contribution is -0.133. The molecule has 9 nitrogen and oxygen atoms in total. The van der Waals surface area contributed by atoms with Crippen molar-refractivity contribution in [2.45, 2.75) is 19.9 Å². The summed E-state index contributed by atoms with van der Waals surface area (Å²) < 4.78 is 11.2. The van der Waals surface area contributed by atoms with Crippen LogP contribution in [0, 0.1) is 13.8 Å². The molecule has 0 spiro atoms. The molecule has 0 bridgehead atoms. The molecule has 0 aromatic heterocycles. The van der Waals surface area contributed by atoms with Gasteiger partial charge in [-0.05, 0) is 65.9 Å². The second-order valence-electron chi connectivity index (χ2n) is 11.5. The smallest absolute Gasteiger partial charge is 0.265 e. The van der Waals surface area contributed by atoms with E-state index in [1.54, 1.807) is 28.8 Å². The van der Waals surface area contributed by atoms with Gasteiger partial charge in [0.15, 0.2) is 6.61 Å². The summed E-state index contributed by atoms with van der Waals surface area (Å²) in [6.45, 7) is 7.36. The molecule has 43 heavy (non-hydrogen) atoms. The average Bonchev–Trinajstić information content (AvgIpc) is 3.02.